The maximum atomic E-state index is 9.20. The molecule has 1 aliphatic rings. The normalized spacial score (nSPS) is 25.9. The maximum Gasteiger partial charge on any atom is 0.0479 e. The first-order valence-corrected chi connectivity index (χ1v) is 5.42. The van der Waals surface area contributed by atoms with Crippen LogP contribution in [0.15, 0.2) is 24.3 Å². The zero-order valence-corrected chi connectivity index (χ0v) is 9.06. The number of aliphatic hydroxyl groups excluding tert-OH is 1. The summed E-state index contributed by atoms with van der Waals surface area (Å²) in [7, 11) is 0. The van der Waals surface area contributed by atoms with Gasteiger partial charge in [-0.25, -0.2) is 0 Å². The smallest absolute Gasteiger partial charge is 0.0479 e. The molecule has 0 saturated carbocycles. The van der Waals surface area contributed by atoms with E-state index in [0.29, 0.717) is 11.8 Å². The van der Waals surface area contributed by atoms with Crippen molar-refractivity contribution in [2.24, 2.45) is 11.8 Å². The van der Waals surface area contributed by atoms with Gasteiger partial charge in [0, 0.05) is 37.0 Å². The van der Waals surface area contributed by atoms with Crippen molar-refractivity contribution in [3.8, 4) is 0 Å². The molecule has 0 radical (unpaired) electrons. The van der Waals surface area contributed by atoms with E-state index in [1.54, 1.807) is 0 Å². The second-order valence-corrected chi connectivity index (χ2v) is 4.42. The van der Waals surface area contributed by atoms with Gasteiger partial charge in [0.15, 0.2) is 0 Å². The molecule has 1 saturated heterocycles. The molecule has 0 spiro atoms. The van der Waals surface area contributed by atoms with Gasteiger partial charge < -0.3 is 15.7 Å². The van der Waals surface area contributed by atoms with E-state index >= 15 is 0 Å². The van der Waals surface area contributed by atoms with E-state index in [1.165, 1.54) is 5.69 Å². The van der Waals surface area contributed by atoms with Crippen LogP contribution < -0.4 is 10.6 Å². The fourth-order valence-corrected chi connectivity index (χ4v) is 2.17. The summed E-state index contributed by atoms with van der Waals surface area (Å²) in [5.41, 5.74) is 7.64. The number of hydrogen-bond acceptors (Lipinski definition) is 3. The van der Waals surface area contributed by atoms with Crippen LogP contribution in [-0.4, -0.2) is 24.8 Å². The first-order chi connectivity index (χ1) is 7.20. The average Bonchev–Trinajstić information content (AvgIpc) is 2.61. The third-order valence-corrected chi connectivity index (χ3v) is 3.26. The first kappa shape index (κ1) is 10.3. The zero-order chi connectivity index (χ0) is 10.8. The largest absolute Gasteiger partial charge is 0.399 e. The van der Waals surface area contributed by atoms with E-state index in [9.17, 15) is 5.11 Å². The van der Waals surface area contributed by atoms with Gasteiger partial charge >= 0.3 is 0 Å². The Labute approximate surface area is 90.5 Å². The van der Waals surface area contributed by atoms with Gasteiger partial charge in [-0.3, -0.25) is 0 Å². The molecule has 0 aliphatic carbocycles. The number of rotatable bonds is 2. The molecule has 2 rings (SSSR count). The standard InChI is InChI=1S/C12H18N2O/c1-9-6-14(7-10(9)8-15)12-4-2-11(13)3-5-12/h2-5,9-10,15H,6-8,13H2,1H3/t9-,10-/m1/s1. The molecule has 1 fully saturated rings. The predicted molar refractivity (Wildman–Crippen MR) is 62.8 cm³/mol. The van der Waals surface area contributed by atoms with Crippen LogP contribution in [0, 0.1) is 11.8 Å². The number of nitrogen functional groups attached to an aromatic ring is 1. The van der Waals surface area contributed by atoms with E-state index in [2.05, 4.69) is 11.8 Å². The highest BCUT2D eigenvalue weighted by Gasteiger charge is 2.28. The van der Waals surface area contributed by atoms with Gasteiger partial charge in [0.25, 0.3) is 0 Å². The Morgan fingerprint density at radius 3 is 2.53 bits per heavy atom. The number of hydrogen-bond donors (Lipinski definition) is 2. The molecular weight excluding hydrogens is 188 g/mol. The summed E-state index contributed by atoms with van der Waals surface area (Å²) >= 11 is 0. The number of anilines is 2. The van der Waals surface area contributed by atoms with Gasteiger partial charge in [-0.2, -0.15) is 0 Å². The molecule has 3 heteroatoms. The van der Waals surface area contributed by atoms with Gasteiger partial charge in [-0.05, 0) is 30.2 Å². The number of aliphatic hydroxyl groups is 1. The van der Waals surface area contributed by atoms with Crippen molar-refractivity contribution in [3.63, 3.8) is 0 Å². The van der Waals surface area contributed by atoms with Crippen LogP contribution in [0.4, 0.5) is 11.4 Å². The minimum atomic E-state index is 0.284. The Hall–Kier alpha value is -1.22. The third-order valence-electron chi connectivity index (χ3n) is 3.26. The van der Waals surface area contributed by atoms with E-state index < -0.39 is 0 Å². The monoisotopic (exact) mass is 206 g/mol. The fraction of sp³-hybridized carbons (Fsp3) is 0.500. The lowest BCUT2D eigenvalue weighted by Gasteiger charge is -2.18. The van der Waals surface area contributed by atoms with Crippen LogP contribution in [0.25, 0.3) is 0 Å². The van der Waals surface area contributed by atoms with Gasteiger partial charge in [0.05, 0.1) is 0 Å². The van der Waals surface area contributed by atoms with Gasteiger partial charge in [0.1, 0.15) is 0 Å². The summed E-state index contributed by atoms with van der Waals surface area (Å²) in [5.74, 6) is 0.968. The SMILES string of the molecule is C[C@@H]1CN(c2ccc(N)cc2)C[C@@H]1CO. The predicted octanol–water partition coefficient (Wildman–Crippen LogP) is 1.33. The minimum absolute atomic E-state index is 0.284. The Morgan fingerprint density at radius 1 is 1.33 bits per heavy atom. The summed E-state index contributed by atoms with van der Waals surface area (Å²) in [6.45, 7) is 4.45. The number of benzene rings is 1. The molecule has 0 unspecified atom stereocenters. The number of nitrogens with zero attached hydrogens (tertiary/aromatic N) is 1. The lowest BCUT2D eigenvalue weighted by atomic mass is 10.00. The molecule has 0 bridgehead atoms. The van der Waals surface area contributed by atoms with E-state index in [1.807, 2.05) is 24.3 Å². The maximum absolute atomic E-state index is 9.20. The van der Waals surface area contributed by atoms with Crippen molar-refractivity contribution in [1.82, 2.24) is 0 Å². The fourth-order valence-electron chi connectivity index (χ4n) is 2.17. The summed E-state index contributed by atoms with van der Waals surface area (Å²) in [6.07, 6.45) is 0. The highest BCUT2D eigenvalue weighted by Crippen LogP contribution is 2.28. The lowest BCUT2D eigenvalue weighted by molar-refractivity contribution is 0.212. The van der Waals surface area contributed by atoms with Crippen molar-refractivity contribution in [2.45, 2.75) is 6.92 Å². The Kier molecular flexibility index (Phi) is 2.82. The molecule has 1 aliphatic heterocycles. The van der Waals surface area contributed by atoms with Crippen molar-refractivity contribution in [1.29, 1.82) is 0 Å². The van der Waals surface area contributed by atoms with Crippen molar-refractivity contribution in [2.75, 3.05) is 30.3 Å². The Balaban J connectivity index is 2.10. The molecule has 1 aromatic carbocycles. The molecule has 82 valence electrons. The molecule has 0 aromatic heterocycles. The van der Waals surface area contributed by atoms with Crippen LogP contribution in [0.3, 0.4) is 0 Å². The second-order valence-electron chi connectivity index (χ2n) is 4.42. The zero-order valence-electron chi connectivity index (χ0n) is 9.06. The molecule has 1 aromatic rings. The molecule has 15 heavy (non-hydrogen) atoms. The molecule has 3 N–H and O–H groups in total. The minimum Gasteiger partial charge on any atom is -0.399 e. The Bertz CT molecular complexity index is 323. The topological polar surface area (TPSA) is 49.5 Å². The van der Waals surface area contributed by atoms with Gasteiger partial charge in [0.2, 0.25) is 0 Å². The van der Waals surface area contributed by atoms with E-state index in [-0.39, 0.29) is 6.61 Å². The molecule has 0 amide bonds. The molecule has 2 atom stereocenters. The van der Waals surface area contributed by atoms with Crippen LogP contribution in [0.5, 0.6) is 0 Å². The highest BCUT2D eigenvalue weighted by atomic mass is 16.3. The van der Waals surface area contributed by atoms with Crippen molar-refractivity contribution >= 4 is 11.4 Å². The van der Waals surface area contributed by atoms with Gasteiger partial charge in [-0.1, -0.05) is 6.92 Å². The van der Waals surface area contributed by atoms with Crippen LogP contribution >= 0.6 is 0 Å². The summed E-state index contributed by atoms with van der Waals surface area (Å²) < 4.78 is 0. The van der Waals surface area contributed by atoms with Crippen molar-refractivity contribution < 1.29 is 5.11 Å². The summed E-state index contributed by atoms with van der Waals surface area (Å²) in [5, 5.41) is 9.20. The highest BCUT2D eigenvalue weighted by molar-refractivity contribution is 5.53. The first-order valence-electron chi connectivity index (χ1n) is 5.42. The molecule has 1 heterocycles. The van der Waals surface area contributed by atoms with Crippen LogP contribution in [0.1, 0.15) is 6.92 Å². The van der Waals surface area contributed by atoms with Gasteiger partial charge in [-0.15, -0.1) is 0 Å². The Morgan fingerprint density at radius 2 is 2.00 bits per heavy atom. The van der Waals surface area contributed by atoms with Crippen molar-refractivity contribution in [3.05, 3.63) is 24.3 Å². The van der Waals surface area contributed by atoms with Crippen LogP contribution in [0.2, 0.25) is 0 Å². The summed E-state index contributed by atoms with van der Waals surface area (Å²) in [6, 6.07) is 7.93. The summed E-state index contributed by atoms with van der Waals surface area (Å²) in [4.78, 5) is 2.31. The van der Waals surface area contributed by atoms with Crippen LogP contribution in [-0.2, 0) is 0 Å². The second kappa shape index (κ2) is 4.11. The number of nitrogens with two attached hydrogens (primary N) is 1. The van der Waals surface area contributed by atoms with E-state index in [0.717, 1.165) is 18.8 Å². The van der Waals surface area contributed by atoms with E-state index in [4.69, 9.17) is 5.73 Å². The lowest BCUT2D eigenvalue weighted by Crippen LogP contribution is -2.20. The third kappa shape index (κ3) is 2.07. The molecular formula is C12H18N2O. The molecule has 3 nitrogen and oxygen atoms in total. The quantitative estimate of drug-likeness (QED) is 0.718. The average molecular weight is 206 g/mol.